The number of hydrogen-bond donors (Lipinski definition) is 0. The fourth-order valence-electron chi connectivity index (χ4n) is 2.89. The van der Waals surface area contributed by atoms with Gasteiger partial charge in [-0.3, -0.25) is 0 Å². The van der Waals surface area contributed by atoms with E-state index in [1.165, 1.54) is 89.9 Å². The molecule has 0 bridgehead atoms. The van der Waals surface area contributed by atoms with Crippen LogP contribution in [0.5, 0.6) is 0 Å². The Bertz CT molecular complexity index is 328. The lowest BCUT2D eigenvalue weighted by atomic mass is 10.1. The minimum atomic E-state index is -1.52. The quantitative estimate of drug-likeness (QED) is 0.138. The Labute approximate surface area is 167 Å². The first-order valence-corrected chi connectivity index (χ1v) is 14.5. The lowest BCUT2D eigenvalue weighted by Gasteiger charge is -2.36. The number of hydrogen-bond acceptors (Lipinski definition) is 1. The first-order valence-electron chi connectivity index (χ1n) is 11.6. The van der Waals surface area contributed by atoms with Crippen molar-refractivity contribution in [2.45, 2.75) is 136 Å². The summed E-state index contributed by atoms with van der Waals surface area (Å²) in [6, 6.07) is 0. The fourth-order valence-corrected chi connectivity index (χ4v) is 3.98. The van der Waals surface area contributed by atoms with Crippen LogP contribution in [0.25, 0.3) is 0 Å². The minimum absolute atomic E-state index is 0.343. The summed E-state index contributed by atoms with van der Waals surface area (Å²) in [5.41, 5.74) is 0. The maximum Gasteiger partial charge on any atom is 0.191 e. The zero-order valence-corrected chi connectivity index (χ0v) is 20.2. The van der Waals surface area contributed by atoms with Crippen molar-refractivity contribution in [1.82, 2.24) is 0 Å². The molecule has 2 heteroatoms. The normalized spacial score (nSPS) is 13.0. The van der Waals surface area contributed by atoms with Gasteiger partial charge >= 0.3 is 0 Å². The predicted molar refractivity (Wildman–Crippen MR) is 123 cm³/mol. The molecule has 0 aromatic heterocycles. The molecule has 0 aliphatic heterocycles. The van der Waals surface area contributed by atoms with Gasteiger partial charge in [-0.2, -0.15) is 0 Å². The SMILES string of the molecule is CCCCCCCC/C=C\CCCCCCCCO[Si](C)(C)C(C)(C)C. The van der Waals surface area contributed by atoms with E-state index in [4.69, 9.17) is 4.43 Å². The van der Waals surface area contributed by atoms with E-state index in [0.717, 1.165) is 6.61 Å². The Morgan fingerprint density at radius 2 is 1.08 bits per heavy atom. The van der Waals surface area contributed by atoms with E-state index in [1.807, 2.05) is 0 Å². The lowest BCUT2D eigenvalue weighted by Crippen LogP contribution is -2.40. The maximum absolute atomic E-state index is 6.24. The van der Waals surface area contributed by atoms with Crippen LogP contribution >= 0.6 is 0 Å². The van der Waals surface area contributed by atoms with Crippen molar-refractivity contribution in [3.63, 3.8) is 0 Å². The summed E-state index contributed by atoms with van der Waals surface area (Å²) in [5, 5.41) is 0.343. The maximum atomic E-state index is 6.24. The summed E-state index contributed by atoms with van der Waals surface area (Å²) in [6.45, 7) is 14.9. The second-order valence-electron chi connectivity index (χ2n) is 9.55. The van der Waals surface area contributed by atoms with E-state index in [9.17, 15) is 0 Å². The standard InChI is InChI=1S/C24H50OSi/c1-7-8-9-10-11-12-13-14-15-16-17-18-19-20-21-22-23-25-26(5,6)24(2,3)4/h14-15H,7-13,16-23H2,1-6H3/b15-14-. The first kappa shape index (κ1) is 25.9. The highest BCUT2D eigenvalue weighted by Gasteiger charge is 2.36. The molecule has 0 aliphatic carbocycles. The number of allylic oxidation sites excluding steroid dienone is 2. The smallest absolute Gasteiger partial charge is 0.191 e. The average molecular weight is 383 g/mol. The van der Waals surface area contributed by atoms with Gasteiger partial charge < -0.3 is 4.43 Å². The molecular formula is C24H50OSi. The largest absolute Gasteiger partial charge is 0.417 e. The molecule has 156 valence electrons. The Hall–Kier alpha value is -0.0831. The monoisotopic (exact) mass is 382 g/mol. The molecule has 0 fully saturated rings. The number of rotatable bonds is 17. The molecule has 0 aromatic carbocycles. The van der Waals surface area contributed by atoms with Crippen molar-refractivity contribution in [2.24, 2.45) is 0 Å². The van der Waals surface area contributed by atoms with Gasteiger partial charge in [0.1, 0.15) is 0 Å². The van der Waals surface area contributed by atoms with E-state index < -0.39 is 8.32 Å². The molecule has 0 spiro atoms. The van der Waals surface area contributed by atoms with E-state index >= 15 is 0 Å². The van der Waals surface area contributed by atoms with Gasteiger partial charge in [0.15, 0.2) is 8.32 Å². The molecule has 0 atom stereocenters. The first-order chi connectivity index (χ1) is 12.3. The van der Waals surface area contributed by atoms with Crippen molar-refractivity contribution >= 4 is 8.32 Å². The summed E-state index contributed by atoms with van der Waals surface area (Å²) >= 11 is 0. The molecule has 0 saturated heterocycles. The Balaban J connectivity index is 3.30. The van der Waals surface area contributed by atoms with Gasteiger partial charge in [0.2, 0.25) is 0 Å². The van der Waals surface area contributed by atoms with E-state index in [2.05, 4.69) is 52.9 Å². The molecule has 26 heavy (non-hydrogen) atoms. The highest BCUT2D eigenvalue weighted by atomic mass is 28.4. The highest BCUT2D eigenvalue weighted by molar-refractivity contribution is 6.74. The van der Waals surface area contributed by atoms with Gasteiger partial charge in [0.25, 0.3) is 0 Å². The van der Waals surface area contributed by atoms with Gasteiger partial charge in [0, 0.05) is 6.61 Å². The van der Waals surface area contributed by atoms with Crippen LogP contribution in [0.15, 0.2) is 12.2 Å². The van der Waals surface area contributed by atoms with Crippen molar-refractivity contribution in [2.75, 3.05) is 6.61 Å². The van der Waals surface area contributed by atoms with Crippen LogP contribution in [0, 0.1) is 0 Å². The van der Waals surface area contributed by atoms with Crippen LogP contribution in [0.2, 0.25) is 18.1 Å². The average Bonchev–Trinajstić information content (AvgIpc) is 2.56. The Morgan fingerprint density at radius 1 is 0.654 bits per heavy atom. The molecule has 0 N–H and O–H groups in total. The predicted octanol–water partition coefficient (Wildman–Crippen LogP) is 9.05. The zero-order valence-electron chi connectivity index (χ0n) is 19.2. The van der Waals surface area contributed by atoms with Gasteiger partial charge in [0.05, 0.1) is 0 Å². The molecule has 1 nitrogen and oxygen atoms in total. The molecule has 0 amide bonds. The Morgan fingerprint density at radius 3 is 1.54 bits per heavy atom. The van der Waals surface area contributed by atoms with Crippen molar-refractivity contribution in [3.8, 4) is 0 Å². The number of unbranched alkanes of at least 4 members (excludes halogenated alkanes) is 12. The van der Waals surface area contributed by atoms with E-state index in [1.54, 1.807) is 0 Å². The molecule has 0 aromatic rings. The zero-order chi connectivity index (χ0) is 19.7. The van der Waals surface area contributed by atoms with E-state index in [-0.39, 0.29) is 0 Å². The van der Waals surface area contributed by atoms with Crippen molar-refractivity contribution in [3.05, 3.63) is 12.2 Å². The second kappa shape index (κ2) is 15.9. The van der Waals surface area contributed by atoms with Gasteiger partial charge in [-0.05, 0) is 50.2 Å². The van der Waals surface area contributed by atoms with Gasteiger partial charge in [-0.15, -0.1) is 0 Å². The third-order valence-electron chi connectivity index (χ3n) is 5.93. The Kier molecular flexibility index (Phi) is 15.9. The van der Waals surface area contributed by atoms with Gasteiger partial charge in [-0.25, -0.2) is 0 Å². The third kappa shape index (κ3) is 15.0. The molecule has 0 heterocycles. The minimum Gasteiger partial charge on any atom is -0.417 e. The fraction of sp³-hybridized carbons (Fsp3) is 0.917. The van der Waals surface area contributed by atoms with Crippen LogP contribution in [-0.2, 0) is 4.43 Å². The summed E-state index contributed by atoms with van der Waals surface area (Å²) < 4.78 is 6.24. The van der Waals surface area contributed by atoms with Crippen LogP contribution < -0.4 is 0 Å². The topological polar surface area (TPSA) is 9.23 Å². The van der Waals surface area contributed by atoms with Crippen LogP contribution in [0.1, 0.15) is 118 Å². The van der Waals surface area contributed by atoms with Crippen molar-refractivity contribution in [1.29, 1.82) is 0 Å². The van der Waals surface area contributed by atoms with Crippen LogP contribution in [0.4, 0.5) is 0 Å². The van der Waals surface area contributed by atoms with Gasteiger partial charge in [-0.1, -0.05) is 97.6 Å². The molecule has 0 rings (SSSR count). The summed E-state index contributed by atoms with van der Waals surface area (Å²) in [5.74, 6) is 0. The molecular weight excluding hydrogens is 332 g/mol. The second-order valence-corrected chi connectivity index (χ2v) is 14.4. The molecule has 0 radical (unpaired) electrons. The third-order valence-corrected chi connectivity index (χ3v) is 10.5. The summed E-state index contributed by atoms with van der Waals surface area (Å²) in [4.78, 5) is 0. The highest BCUT2D eigenvalue weighted by Crippen LogP contribution is 2.36. The molecule has 0 saturated carbocycles. The molecule has 0 aliphatic rings. The summed E-state index contributed by atoms with van der Waals surface area (Å²) in [7, 11) is -1.52. The molecule has 0 unspecified atom stereocenters. The van der Waals surface area contributed by atoms with Crippen LogP contribution in [0.3, 0.4) is 0 Å². The summed E-state index contributed by atoms with van der Waals surface area (Å²) in [6.07, 6.45) is 24.0. The lowest BCUT2D eigenvalue weighted by molar-refractivity contribution is 0.277. The van der Waals surface area contributed by atoms with E-state index in [0.29, 0.717) is 5.04 Å². The van der Waals surface area contributed by atoms with Crippen molar-refractivity contribution < 1.29 is 4.43 Å². The van der Waals surface area contributed by atoms with Crippen LogP contribution in [-0.4, -0.2) is 14.9 Å².